The molecule has 5 nitrogen and oxygen atoms in total. The number of aliphatic carboxylic acids is 1. The summed E-state index contributed by atoms with van der Waals surface area (Å²) >= 11 is 0. The van der Waals surface area contributed by atoms with Crippen LogP contribution in [0.3, 0.4) is 0 Å². The van der Waals surface area contributed by atoms with E-state index in [0.717, 1.165) is 0 Å². The Bertz CT molecular complexity index is 308. The van der Waals surface area contributed by atoms with Crippen molar-refractivity contribution in [3.63, 3.8) is 0 Å². The molecular formula is C13H21NO4. The fraction of sp³-hybridized carbons (Fsp3) is 0.692. The molecule has 1 aliphatic carbocycles. The number of ether oxygens (including phenoxy) is 1. The van der Waals surface area contributed by atoms with E-state index >= 15 is 0 Å². The molecule has 0 bridgehead atoms. The highest BCUT2D eigenvalue weighted by Gasteiger charge is 2.28. The first kappa shape index (κ1) is 14.7. The maximum Gasteiger partial charge on any atom is 0.306 e. The van der Waals surface area contributed by atoms with E-state index in [4.69, 9.17) is 9.84 Å². The molecule has 18 heavy (non-hydrogen) atoms. The van der Waals surface area contributed by atoms with Gasteiger partial charge in [-0.05, 0) is 32.6 Å². The van der Waals surface area contributed by atoms with Crippen molar-refractivity contribution in [2.24, 2.45) is 5.92 Å². The Balaban J connectivity index is 2.29. The Morgan fingerprint density at radius 3 is 2.56 bits per heavy atom. The number of carboxylic acids is 1. The van der Waals surface area contributed by atoms with Crippen LogP contribution in [-0.2, 0) is 14.3 Å². The molecule has 0 heterocycles. The lowest BCUT2D eigenvalue weighted by Gasteiger charge is -2.28. The average Bonchev–Trinajstić information content (AvgIpc) is 2.36. The quantitative estimate of drug-likeness (QED) is 0.702. The van der Waals surface area contributed by atoms with Gasteiger partial charge in [-0.3, -0.25) is 9.59 Å². The number of carbonyl (C=O) groups excluding carboxylic acids is 1. The summed E-state index contributed by atoms with van der Waals surface area (Å²) in [4.78, 5) is 22.4. The van der Waals surface area contributed by atoms with E-state index in [2.05, 4.69) is 11.9 Å². The standard InChI is InChI=1S/C13H21NO4/c1-3-8-14-12(15)9(2)18-11-6-4-10(5-7-11)13(16)17/h3,9-11H,1,4-8H2,2H3,(H,14,15)(H,16,17). The van der Waals surface area contributed by atoms with Crippen LogP contribution in [0.25, 0.3) is 0 Å². The van der Waals surface area contributed by atoms with Crippen LogP contribution in [0, 0.1) is 5.92 Å². The maximum absolute atomic E-state index is 11.6. The van der Waals surface area contributed by atoms with E-state index in [9.17, 15) is 9.59 Å². The molecule has 1 fully saturated rings. The van der Waals surface area contributed by atoms with Gasteiger partial charge in [0.25, 0.3) is 0 Å². The number of hydrogen-bond acceptors (Lipinski definition) is 3. The number of hydrogen-bond donors (Lipinski definition) is 2. The van der Waals surface area contributed by atoms with Gasteiger partial charge in [-0.2, -0.15) is 0 Å². The van der Waals surface area contributed by atoms with Crippen molar-refractivity contribution >= 4 is 11.9 Å². The highest BCUT2D eigenvalue weighted by Crippen LogP contribution is 2.27. The molecule has 1 aliphatic rings. The molecule has 5 heteroatoms. The molecule has 2 N–H and O–H groups in total. The van der Waals surface area contributed by atoms with Crippen LogP contribution in [0.5, 0.6) is 0 Å². The smallest absolute Gasteiger partial charge is 0.306 e. The summed E-state index contributed by atoms with van der Waals surface area (Å²) in [6, 6.07) is 0. The third kappa shape index (κ3) is 4.49. The summed E-state index contributed by atoms with van der Waals surface area (Å²) < 4.78 is 5.64. The Kier molecular flexibility index (Phi) is 5.85. The SMILES string of the molecule is C=CCNC(=O)C(C)OC1CCC(C(=O)O)CC1. The van der Waals surface area contributed by atoms with Gasteiger partial charge < -0.3 is 15.2 Å². The Morgan fingerprint density at radius 2 is 2.06 bits per heavy atom. The topological polar surface area (TPSA) is 75.6 Å². The minimum Gasteiger partial charge on any atom is -0.481 e. The maximum atomic E-state index is 11.6. The third-order valence-electron chi connectivity index (χ3n) is 3.21. The first-order valence-corrected chi connectivity index (χ1v) is 6.31. The molecule has 1 unspecified atom stereocenters. The molecule has 0 aliphatic heterocycles. The second-order valence-corrected chi connectivity index (χ2v) is 4.62. The zero-order chi connectivity index (χ0) is 13.5. The first-order valence-electron chi connectivity index (χ1n) is 6.31. The Morgan fingerprint density at radius 1 is 1.44 bits per heavy atom. The van der Waals surface area contributed by atoms with Gasteiger partial charge in [-0.15, -0.1) is 6.58 Å². The molecular weight excluding hydrogens is 234 g/mol. The lowest BCUT2D eigenvalue weighted by molar-refractivity contribution is -0.146. The van der Waals surface area contributed by atoms with Gasteiger partial charge in [0.15, 0.2) is 0 Å². The van der Waals surface area contributed by atoms with Crippen LogP contribution in [-0.4, -0.2) is 35.7 Å². The highest BCUT2D eigenvalue weighted by molar-refractivity contribution is 5.80. The van der Waals surface area contributed by atoms with Crippen LogP contribution in [0.4, 0.5) is 0 Å². The van der Waals surface area contributed by atoms with E-state index < -0.39 is 12.1 Å². The Hall–Kier alpha value is -1.36. The largest absolute Gasteiger partial charge is 0.481 e. The van der Waals surface area contributed by atoms with Crippen LogP contribution in [0.1, 0.15) is 32.6 Å². The molecule has 0 aromatic heterocycles. The van der Waals surface area contributed by atoms with Crippen LogP contribution in [0.2, 0.25) is 0 Å². The number of nitrogens with one attached hydrogen (secondary N) is 1. The minimum absolute atomic E-state index is 0.00918. The van der Waals surface area contributed by atoms with Crippen molar-refractivity contribution in [3.8, 4) is 0 Å². The number of amides is 1. The molecule has 102 valence electrons. The van der Waals surface area contributed by atoms with Crippen molar-refractivity contribution in [2.75, 3.05) is 6.54 Å². The third-order valence-corrected chi connectivity index (χ3v) is 3.21. The van der Waals surface area contributed by atoms with E-state index in [0.29, 0.717) is 32.2 Å². The molecule has 1 atom stereocenters. The fourth-order valence-electron chi connectivity index (χ4n) is 2.11. The van der Waals surface area contributed by atoms with Crippen LogP contribution >= 0.6 is 0 Å². The summed E-state index contributed by atoms with van der Waals surface area (Å²) in [6.45, 7) is 5.66. The van der Waals surface area contributed by atoms with Crippen molar-refractivity contribution in [3.05, 3.63) is 12.7 Å². The van der Waals surface area contributed by atoms with Gasteiger partial charge in [-0.1, -0.05) is 6.08 Å². The van der Waals surface area contributed by atoms with Gasteiger partial charge in [-0.25, -0.2) is 0 Å². The lowest BCUT2D eigenvalue weighted by Crippen LogP contribution is -2.38. The molecule has 0 radical (unpaired) electrons. The van der Waals surface area contributed by atoms with Crippen LogP contribution in [0.15, 0.2) is 12.7 Å². The second-order valence-electron chi connectivity index (χ2n) is 4.62. The highest BCUT2D eigenvalue weighted by atomic mass is 16.5. The second kappa shape index (κ2) is 7.16. The Labute approximate surface area is 107 Å². The van der Waals surface area contributed by atoms with Gasteiger partial charge >= 0.3 is 5.97 Å². The summed E-state index contributed by atoms with van der Waals surface area (Å²) in [5.74, 6) is -1.14. The van der Waals surface area contributed by atoms with Gasteiger partial charge in [0.2, 0.25) is 5.91 Å². The van der Waals surface area contributed by atoms with Gasteiger partial charge in [0.1, 0.15) is 6.10 Å². The molecule has 0 saturated heterocycles. The predicted octanol–water partition coefficient (Wildman–Crippen LogP) is 1.34. The van der Waals surface area contributed by atoms with E-state index in [-0.39, 0.29) is 17.9 Å². The lowest BCUT2D eigenvalue weighted by atomic mass is 9.87. The number of carbonyl (C=O) groups is 2. The van der Waals surface area contributed by atoms with Crippen molar-refractivity contribution < 1.29 is 19.4 Å². The normalized spacial score (nSPS) is 25.2. The van der Waals surface area contributed by atoms with E-state index in [1.54, 1.807) is 13.0 Å². The molecule has 0 aromatic carbocycles. The average molecular weight is 255 g/mol. The summed E-state index contributed by atoms with van der Waals surface area (Å²) in [6.07, 6.45) is 3.76. The molecule has 0 spiro atoms. The predicted molar refractivity (Wildman–Crippen MR) is 67.1 cm³/mol. The van der Waals surface area contributed by atoms with Gasteiger partial charge in [0.05, 0.1) is 12.0 Å². The van der Waals surface area contributed by atoms with Crippen molar-refractivity contribution in [2.45, 2.75) is 44.8 Å². The number of rotatable bonds is 6. The van der Waals surface area contributed by atoms with Crippen LogP contribution < -0.4 is 5.32 Å². The summed E-state index contributed by atoms with van der Waals surface area (Å²) in [7, 11) is 0. The molecule has 1 rings (SSSR count). The van der Waals surface area contributed by atoms with E-state index in [1.165, 1.54) is 0 Å². The summed E-state index contributed by atoms with van der Waals surface area (Å²) in [5.41, 5.74) is 0. The number of carboxylic acid groups (broad SMARTS) is 1. The molecule has 0 aromatic rings. The first-order chi connectivity index (χ1) is 8.54. The van der Waals surface area contributed by atoms with Gasteiger partial charge in [0, 0.05) is 6.54 Å². The van der Waals surface area contributed by atoms with E-state index in [1.807, 2.05) is 0 Å². The zero-order valence-corrected chi connectivity index (χ0v) is 10.7. The molecule has 1 amide bonds. The fourth-order valence-corrected chi connectivity index (χ4v) is 2.11. The summed E-state index contributed by atoms with van der Waals surface area (Å²) in [5, 5.41) is 11.5. The van der Waals surface area contributed by atoms with Crippen molar-refractivity contribution in [1.29, 1.82) is 0 Å². The van der Waals surface area contributed by atoms with Crippen molar-refractivity contribution in [1.82, 2.24) is 5.32 Å². The molecule has 1 saturated carbocycles. The zero-order valence-electron chi connectivity index (χ0n) is 10.7. The minimum atomic E-state index is -0.731. The monoisotopic (exact) mass is 255 g/mol.